The fraction of sp³-hybridized carbons (Fsp3) is 0.360. The molecule has 1 heterocycles. The first-order valence-electron chi connectivity index (χ1n) is 11.5. The van der Waals surface area contributed by atoms with Gasteiger partial charge in [-0.05, 0) is 37.5 Å². The lowest BCUT2D eigenvalue weighted by atomic mass is 9.91. The molecule has 0 saturated carbocycles. The zero-order valence-corrected chi connectivity index (χ0v) is 19.9. The van der Waals surface area contributed by atoms with Crippen LogP contribution < -0.4 is 10.1 Å². The molecule has 3 aromatic rings. The summed E-state index contributed by atoms with van der Waals surface area (Å²) in [6.45, 7) is 1.68. The second kappa shape index (κ2) is 11.7. The number of ether oxygens (including phenoxy) is 1. The largest absolute Gasteiger partial charge is 0.426 e. The van der Waals surface area contributed by atoms with Gasteiger partial charge in [-0.3, -0.25) is 14.9 Å². The number of carbonyl (C=O) groups is 1. The number of alkyl halides is 3. The Balaban J connectivity index is 1.94. The van der Waals surface area contributed by atoms with E-state index < -0.39 is 28.9 Å². The van der Waals surface area contributed by atoms with Crippen molar-refractivity contribution < 1.29 is 27.6 Å². The molecule has 2 aromatic carbocycles. The summed E-state index contributed by atoms with van der Waals surface area (Å²) in [6, 6.07) is 12.5. The topological polar surface area (TPSA) is 99.3 Å². The van der Waals surface area contributed by atoms with E-state index in [0.29, 0.717) is 17.8 Å². The highest BCUT2D eigenvalue weighted by molar-refractivity contribution is 5.80. The van der Waals surface area contributed by atoms with Crippen LogP contribution in [0.4, 0.5) is 24.5 Å². The number of nitrogens with one attached hydrogen (secondary N) is 1. The lowest BCUT2D eigenvalue weighted by Gasteiger charge is -2.22. The third kappa shape index (κ3) is 6.61. The van der Waals surface area contributed by atoms with Gasteiger partial charge < -0.3 is 14.6 Å². The summed E-state index contributed by atoms with van der Waals surface area (Å²) in [4.78, 5) is 28.1. The van der Waals surface area contributed by atoms with Crippen LogP contribution in [0.3, 0.4) is 0 Å². The minimum absolute atomic E-state index is 0.0440. The molecule has 8 nitrogen and oxygen atoms in total. The number of benzene rings is 2. The molecular weight excluding hydrogens is 477 g/mol. The van der Waals surface area contributed by atoms with Crippen LogP contribution in [0.1, 0.15) is 44.2 Å². The summed E-state index contributed by atoms with van der Waals surface area (Å²) in [5.74, 6) is -3.07. The number of non-ortho nitro benzene ring substituents is 1. The minimum atomic E-state index is -4.38. The zero-order chi connectivity index (χ0) is 26.3. The molecule has 3 rings (SSSR count). The van der Waals surface area contributed by atoms with Crippen molar-refractivity contribution in [2.45, 2.75) is 44.7 Å². The lowest BCUT2D eigenvalue weighted by molar-refractivity contribution is -0.384. The van der Waals surface area contributed by atoms with Gasteiger partial charge >= 0.3 is 12.1 Å². The third-order valence-corrected chi connectivity index (χ3v) is 5.85. The van der Waals surface area contributed by atoms with Crippen molar-refractivity contribution >= 4 is 17.3 Å². The number of anilines is 1. The predicted octanol–water partition coefficient (Wildman–Crippen LogP) is 6.27. The van der Waals surface area contributed by atoms with E-state index in [0.717, 1.165) is 0 Å². The van der Waals surface area contributed by atoms with E-state index in [2.05, 4.69) is 10.3 Å². The molecule has 0 amide bonds. The molecule has 0 saturated heterocycles. The van der Waals surface area contributed by atoms with E-state index >= 15 is 0 Å². The molecule has 36 heavy (non-hydrogen) atoms. The van der Waals surface area contributed by atoms with Crippen molar-refractivity contribution in [1.29, 1.82) is 0 Å². The van der Waals surface area contributed by atoms with Crippen molar-refractivity contribution in [3.63, 3.8) is 0 Å². The number of hydrogen-bond acceptors (Lipinski definition) is 6. The summed E-state index contributed by atoms with van der Waals surface area (Å²) in [5, 5.41) is 14.2. The first-order valence-corrected chi connectivity index (χ1v) is 11.5. The smallest absolute Gasteiger partial charge is 0.391 e. The number of nitrogens with zero attached hydrogens (tertiary/aromatic N) is 3. The Kier molecular flexibility index (Phi) is 8.68. The van der Waals surface area contributed by atoms with Crippen LogP contribution >= 0.6 is 0 Å². The molecule has 0 radical (unpaired) electrons. The summed E-state index contributed by atoms with van der Waals surface area (Å²) < 4.78 is 47.5. The van der Waals surface area contributed by atoms with Crippen LogP contribution in [-0.4, -0.2) is 33.7 Å². The standard InChI is InChI=1S/C25H27F3N4O4/c1-3-7-17(25(26,27)28)10-12-20(24(33)36-19-8-5-4-6-9-19)22-15-31(16-30-22)23-14-18(32(34)35)11-13-21(23)29-2/h4-6,8-9,11,13-17,20,29H,3,7,10,12H2,1-2H3. The van der Waals surface area contributed by atoms with Gasteiger partial charge in [0.1, 0.15) is 11.7 Å². The molecule has 0 aliphatic heterocycles. The second-order valence-electron chi connectivity index (χ2n) is 8.31. The van der Waals surface area contributed by atoms with Gasteiger partial charge in [-0.2, -0.15) is 13.2 Å². The molecule has 0 fully saturated rings. The van der Waals surface area contributed by atoms with Crippen LogP contribution in [0.5, 0.6) is 5.75 Å². The lowest BCUT2D eigenvalue weighted by Crippen LogP contribution is -2.26. The van der Waals surface area contributed by atoms with Crippen molar-refractivity contribution in [2.75, 3.05) is 12.4 Å². The fourth-order valence-electron chi connectivity index (χ4n) is 3.96. The van der Waals surface area contributed by atoms with Gasteiger partial charge in [-0.25, -0.2) is 4.98 Å². The first-order chi connectivity index (χ1) is 17.1. The van der Waals surface area contributed by atoms with Crippen LogP contribution in [0, 0.1) is 16.0 Å². The summed E-state index contributed by atoms with van der Waals surface area (Å²) in [5.41, 5.74) is 1.03. The van der Waals surface area contributed by atoms with E-state index in [1.54, 1.807) is 44.3 Å². The Morgan fingerprint density at radius 3 is 2.50 bits per heavy atom. The number of para-hydroxylation sites is 1. The predicted molar refractivity (Wildman–Crippen MR) is 128 cm³/mol. The molecule has 0 aliphatic rings. The molecular formula is C25H27F3N4O4. The van der Waals surface area contributed by atoms with Gasteiger partial charge in [0.05, 0.1) is 34.2 Å². The van der Waals surface area contributed by atoms with Gasteiger partial charge in [0.2, 0.25) is 0 Å². The van der Waals surface area contributed by atoms with Gasteiger partial charge in [0.15, 0.2) is 0 Å². The van der Waals surface area contributed by atoms with Crippen molar-refractivity contribution in [2.24, 2.45) is 5.92 Å². The number of imidazole rings is 1. The van der Waals surface area contributed by atoms with Gasteiger partial charge in [-0.15, -0.1) is 0 Å². The Labute approximate surface area is 206 Å². The van der Waals surface area contributed by atoms with Gasteiger partial charge in [0.25, 0.3) is 5.69 Å². The Morgan fingerprint density at radius 1 is 1.17 bits per heavy atom. The van der Waals surface area contributed by atoms with E-state index in [9.17, 15) is 28.1 Å². The molecule has 192 valence electrons. The maximum atomic E-state index is 13.5. The molecule has 0 aliphatic carbocycles. The number of hydrogen-bond donors (Lipinski definition) is 1. The molecule has 2 unspecified atom stereocenters. The average molecular weight is 505 g/mol. The fourth-order valence-corrected chi connectivity index (χ4v) is 3.96. The van der Waals surface area contributed by atoms with Crippen LogP contribution in [0.2, 0.25) is 0 Å². The molecule has 2 atom stereocenters. The third-order valence-electron chi connectivity index (χ3n) is 5.85. The van der Waals surface area contributed by atoms with Crippen molar-refractivity contribution in [1.82, 2.24) is 9.55 Å². The first kappa shape index (κ1) is 26.7. The number of nitro groups is 1. The highest BCUT2D eigenvalue weighted by atomic mass is 19.4. The Hall–Kier alpha value is -3.89. The molecule has 0 spiro atoms. The van der Waals surface area contributed by atoms with Crippen molar-refractivity contribution in [3.05, 3.63) is 76.9 Å². The molecule has 1 aromatic heterocycles. The van der Waals surface area contributed by atoms with Crippen LogP contribution in [0.15, 0.2) is 61.1 Å². The van der Waals surface area contributed by atoms with Crippen molar-refractivity contribution in [3.8, 4) is 11.4 Å². The van der Waals surface area contributed by atoms with Crippen LogP contribution in [0.25, 0.3) is 5.69 Å². The van der Waals surface area contributed by atoms with E-state index in [4.69, 9.17) is 4.74 Å². The molecule has 1 N–H and O–H groups in total. The number of aromatic nitrogens is 2. The highest BCUT2D eigenvalue weighted by Crippen LogP contribution is 2.36. The number of esters is 1. The second-order valence-corrected chi connectivity index (χ2v) is 8.31. The number of rotatable bonds is 11. The van der Waals surface area contributed by atoms with Gasteiger partial charge in [0, 0.05) is 25.4 Å². The number of halogens is 3. The van der Waals surface area contributed by atoms with E-state index in [1.807, 2.05) is 0 Å². The molecule has 11 heteroatoms. The van der Waals surface area contributed by atoms with E-state index in [-0.39, 0.29) is 36.4 Å². The summed E-state index contributed by atoms with van der Waals surface area (Å²) in [6.07, 6.45) is -1.61. The minimum Gasteiger partial charge on any atom is -0.426 e. The van der Waals surface area contributed by atoms with E-state index in [1.165, 1.54) is 35.3 Å². The van der Waals surface area contributed by atoms with Gasteiger partial charge in [-0.1, -0.05) is 31.5 Å². The monoisotopic (exact) mass is 504 g/mol. The maximum absolute atomic E-state index is 13.5. The number of carbonyl (C=O) groups excluding carboxylic acids is 1. The maximum Gasteiger partial charge on any atom is 0.391 e. The highest BCUT2D eigenvalue weighted by Gasteiger charge is 2.39. The number of nitro benzene ring substituents is 1. The Bertz CT molecular complexity index is 1180. The molecule has 0 bridgehead atoms. The SMILES string of the molecule is CCCC(CCC(C(=O)Oc1ccccc1)c1cn(-c2cc([N+](=O)[O-])ccc2NC)cn1)C(F)(F)F. The zero-order valence-electron chi connectivity index (χ0n) is 19.9. The summed E-state index contributed by atoms with van der Waals surface area (Å²) in [7, 11) is 1.65. The Morgan fingerprint density at radius 2 is 1.89 bits per heavy atom. The van der Waals surface area contributed by atoms with Crippen LogP contribution in [-0.2, 0) is 4.79 Å². The average Bonchev–Trinajstić information content (AvgIpc) is 3.32. The normalized spacial score (nSPS) is 13.1. The quantitative estimate of drug-likeness (QED) is 0.143. The summed E-state index contributed by atoms with van der Waals surface area (Å²) >= 11 is 0.